The van der Waals surface area contributed by atoms with Crippen molar-refractivity contribution in [2.45, 2.75) is 37.6 Å². The van der Waals surface area contributed by atoms with Crippen molar-refractivity contribution in [2.75, 3.05) is 20.2 Å². The first-order valence-corrected chi connectivity index (χ1v) is 10.5. The molecule has 176 valence electrons. The number of benzene rings is 2. The number of fused-ring (bicyclic) bond motifs is 3. The first-order valence-electron chi connectivity index (χ1n) is 10.5. The molecule has 3 rings (SSSR count). The highest BCUT2D eigenvalue weighted by molar-refractivity contribution is 5.86. The highest BCUT2D eigenvalue weighted by Gasteiger charge is 2.32. The summed E-state index contributed by atoms with van der Waals surface area (Å²) in [5.41, 5.74) is 4.13. The highest BCUT2D eigenvalue weighted by atomic mass is 19.3. The van der Waals surface area contributed by atoms with Gasteiger partial charge in [0, 0.05) is 26.3 Å². The summed E-state index contributed by atoms with van der Waals surface area (Å²) in [5.74, 6) is -5.32. The first kappa shape index (κ1) is 24.2. The molecule has 0 bridgehead atoms. The van der Waals surface area contributed by atoms with E-state index >= 15 is 0 Å². The number of aliphatic carboxylic acids is 1. The van der Waals surface area contributed by atoms with Crippen LogP contribution in [0.2, 0.25) is 0 Å². The molecule has 1 aliphatic carbocycles. The Morgan fingerprint density at radius 1 is 1.09 bits per heavy atom. The summed E-state index contributed by atoms with van der Waals surface area (Å²) >= 11 is 0. The third-order valence-corrected chi connectivity index (χ3v) is 5.47. The molecule has 0 fully saturated rings. The van der Waals surface area contributed by atoms with E-state index in [1.807, 2.05) is 48.5 Å². The lowest BCUT2D eigenvalue weighted by Crippen LogP contribution is -2.50. The number of hydrogen-bond donors (Lipinski definition) is 2. The van der Waals surface area contributed by atoms with Gasteiger partial charge < -0.3 is 20.1 Å². The van der Waals surface area contributed by atoms with Gasteiger partial charge in [-0.3, -0.25) is 9.59 Å². The molecule has 0 aliphatic heterocycles. The van der Waals surface area contributed by atoms with Gasteiger partial charge in [0.1, 0.15) is 12.6 Å². The smallest absolute Gasteiger partial charge is 0.407 e. The lowest BCUT2D eigenvalue weighted by atomic mass is 9.98. The number of ether oxygens (including phenoxy) is 1. The molecule has 0 spiro atoms. The zero-order valence-corrected chi connectivity index (χ0v) is 18.4. The van der Waals surface area contributed by atoms with E-state index in [1.165, 1.54) is 7.05 Å². The van der Waals surface area contributed by atoms with Crippen molar-refractivity contribution in [3.05, 3.63) is 59.7 Å². The number of alkyl halides is 2. The van der Waals surface area contributed by atoms with Crippen LogP contribution in [-0.4, -0.2) is 60.1 Å². The van der Waals surface area contributed by atoms with Gasteiger partial charge in [-0.15, -0.1) is 0 Å². The summed E-state index contributed by atoms with van der Waals surface area (Å²) in [7, 11) is 1.17. The van der Waals surface area contributed by atoms with E-state index in [4.69, 9.17) is 9.84 Å². The first-order chi connectivity index (χ1) is 15.6. The molecule has 7 nitrogen and oxygen atoms in total. The fourth-order valence-corrected chi connectivity index (χ4v) is 4.07. The van der Waals surface area contributed by atoms with Gasteiger partial charge >= 0.3 is 12.1 Å². The number of rotatable bonds is 9. The summed E-state index contributed by atoms with van der Waals surface area (Å²) in [6.07, 6.45) is -1.59. The van der Waals surface area contributed by atoms with Gasteiger partial charge in [-0.05, 0) is 28.7 Å². The van der Waals surface area contributed by atoms with Crippen molar-refractivity contribution < 1.29 is 33.0 Å². The Bertz CT molecular complexity index is 992. The summed E-state index contributed by atoms with van der Waals surface area (Å²) in [4.78, 5) is 36.8. The lowest BCUT2D eigenvalue weighted by Gasteiger charge is -2.26. The zero-order valence-electron chi connectivity index (χ0n) is 18.4. The maximum Gasteiger partial charge on any atom is 0.407 e. The molecule has 33 heavy (non-hydrogen) atoms. The molecule has 1 unspecified atom stereocenters. The number of nitrogens with zero attached hydrogens (tertiary/aromatic N) is 1. The van der Waals surface area contributed by atoms with Crippen LogP contribution in [0.1, 0.15) is 36.8 Å². The van der Waals surface area contributed by atoms with Crippen molar-refractivity contribution in [1.82, 2.24) is 10.2 Å². The van der Waals surface area contributed by atoms with Crippen LogP contribution in [0.4, 0.5) is 13.6 Å². The van der Waals surface area contributed by atoms with Crippen LogP contribution in [0.5, 0.6) is 0 Å². The second kappa shape index (κ2) is 9.97. The highest BCUT2D eigenvalue weighted by Crippen LogP contribution is 2.44. The van der Waals surface area contributed by atoms with E-state index in [2.05, 4.69) is 5.32 Å². The van der Waals surface area contributed by atoms with Crippen LogP contribution in [0, 0.1) is 0 Å². The van der Waals surface area contributed by atoms with Crippen LogP contribution in [0.15, 0.2) is 48.5 Å². The quantitative estimate of drug-likeness (QED) is 0.592. The second-order valence-corrected chi connectivity index (χ2v) is 8.22. The molecule has 2 aromatic carbocycles. The number of likely N-dealkylation sites (N-methyl/N-ethyl adjacent to an activating group) is 1. The van der Waals surface area contributed by atoms with Crippen molar-refractivity contribution >= 4 is 18.0 Å². The van der Waals surface area contributed by atoms with Gasteiger partial charge in [-0.25, -0.2) is 13.6 Å². The number of hydrogen-bond acceptors (Lipinski definition) is 4. The van der Waals surface area contributed by atoms with Crippen LogP contribution < -0.4 is 5.32 Å². The number of carbonyl (C=O) groups is 3. The van der Waals surface area contributed by atoms with Gasteiger partial charge in [-0.2, -0.15) is 0 Å². The average Bonchev–Trinajstić information content (AvgIpc) is 3.07. The Labute approximate surface area is 190 Å². The number of alkyl carbamates (subject to hydrolysis) is 1. The predicted molar refractivity (Wildman–Crippen MR) is 117 cm³/mol. The minimum atomic E-state index is -3.13. The molecular weight excluding hydrogens is 434 g/mol. The molecule has 1 atom stereocenters. The average molecular weight is 460 g/mol. The van der Waals surface area contributed by atoms with E-state index in [0.717, 1.165) is 27.2 Å². The number of nitrogens with one attached hydrogen (secondary N) is 1. The fourth-order valence-electron chi connectivity index (χ4n) is 4.07. The van der Waals surface area contributed by atoms with E-state index in [1.54, 1.807) is 0 Å². The van der Waals surface area contributed by atoms with Crippen LogP contribution >= 0.6 is 0 Å². The Morgan fingerprint density at radius 2 is 1.64 bits per heavy atom. The minimum absolute atomic E-state index is 0.00255. The van der Waals surface area contributed by atoms with Crippen LogP contribution in [0.3, 0.4) is 0 Å². The molecule has 2 N–H and O–H groups in total. The normalized spacial score (nSPS) is 13.6. The zero-order chi connectivity index (χ0) is 24.2. The topological polar surface area (TPSA) is 95.9 Å². The summed E-state index contributed by atoms with van der Waals surface area (Å²) in [6.45, 7) is -0.188. The number of halogens is 2. The van der Waals surface area contributed by atoms with Crippen LogP contribution in [0.25, 0.3) is 11.1 Å². The molecular formula is C24H26F2N2O5. The Hall–Kier alpha value is -3.49. The molecule has 0 saturated heterocycles. The standard InChI is InChI=1S/C24H26F2N2O5/c1-24(25,26)14-28(2)22(31)20(11-12-21(29)30)27-23(32)33-13-19-17-9-5-3-7-15(17)16-8-4-6-10-18(16)19/h3-10,19-20H,11-14H2,1-2H3,(H,27,32)(H,29,30). The molecule has 0 saturated carbocycles. The van der Waals surface area contributed by atoms with Gasteiger partial charge in [0.2, 0.25) is 5.91 Å². The molecule has 0 aromatic heterocycles. The Morgan fingerprint density at radius 3 is 2.15 bits per heavy atom. The number of carboxylic acid groups (broad SMARTS) is 1. The van der Waals surface area contributed by atoms with Crippen molar-refractivity contribution in [3.8, 4) is 11.1 Å². The molecule has 0 heterocycles. The Kier molecular flexibility index (Phi) is 7.30. The van der Waals surface area contributed by atoms with Gasteiger partial charge in [0.25, 0.3) is 5.92 Å². The fraction of sp³-hybridized carbons (Fsp3) is 0.375. The molecule has 2 amide bonds. The van der Waals surface area contributed by atoms with E-state index < -0.39 is 42.9 Å². The summed E-state index contributed by atoms with van der Waals surface area (Å²) in [6, 6.07) is 14.3. The summed E-state index contributed by atoms with van der Waals surface area (Å²) in [5, 5.41) is 11.3. The molecule has 2 aromatic rings. The van der Waals surface area contributed by atoms with Gasteiger partial charge in [0.15, 0.2) is 0 Å². The largest absolute Gasteiger partial charge is 0.481 e. The second-order valence-electron chi connectivity index (χ2n) is 8.22. The monoisotopic (exact) mass is 460 g/mol. The maximum absolute atomic E-state index is 13.3. The van der Waals surface area contributed by atoms with Crippen LogP contribution in [-0.2, 0) is 14.3 Å². The lowest BCUT2D eigenvalue weighted by molar-refractivity contribution is -0.139. The Balaban J connectivity index is 1.68. The van der Waals surface area contributed by atoms with Crippen molar-refractivity contribution in [1.29, 1.82) is 0 Å². The molecule has 0 radical (unpaired) electrons. The number of carboxylic acids is 1. The van der Waals surface area contributed by atoms with E-state index in [9.17, 15) is 23.2 Å². The third kappa shape index (κ3) is 6.06. The molecule has 1 aliphatic rings. The van der Waals surface area contributed by atoms with E-state index in [0.29, 0.717) is 6.92 Å². The van der Waals surface area contributed by atoms with Gasteiger partial charge in [-0.1, -0.05) is 48.5 Å². The summed E-state index contributed by atoms with van der Waals surface area (Å²) < 4.78 is 32.0. The van der Waals surface area contributed by atoms with E-state index in [-0.39, 0.29) is 18.9 Å². The maximum atomic E-state index is 13.3. The third-order valence-electron chi connectivity index (χ3n) is 5.47. The van der Waals surface area contributed by atoms with Crippen molar-refractivity contribution in [2.24, 2.45) is 0 Å². The predicted octanol–water partition coefficient (Wildman–Crippen LogP) is 3.87. The van der Waals surface area contributed by atoms with Gasteiger partial charge in [0.05, 0.1) is 6.54 Å². The van der Waals surface area contributed by atoms with Crippen molar-refractivity contribution in [3.63, 3.8) is 0 Å². The number of carbonyl (C=O) groups excluding carboxylic acids is 2. The SMILES string of the molecule is CN(CC(C)(F)F)C(=O)C(CCC(=O)O)NC(=O)OCC1c2ccccc2-c2ccccc21. The minimum Gasteiger partial charge on any atom is -0.481 e. The number of amides is 2. The molecule has 9 heteroatoms.